The van der Waals surface area contributed by atoms with Gasteiger partial charge in [-0.1, -0.05) is 45.3 Å². The van der Waals surface area contributed by atoms with Crippen molar-refractivity contribution in [1.82, 2.24) is 0 Å². The van der Waals surface area contributed by atoms with Crippen LogP contribution in [-0.4, -0.2) is 49.6 Å². The monoisotopic (exact) mass is 333 g/mol. The Balaban J connectivity index is 4.64. The van der Waals surface area contributed by atoms with Crippen molar-refractivity contribution in [2.75, 3.05) is 13.2 Å². The summed E-state index contributed by atoms with van der Waals surface area (Å²) in [6, 6.07) is 1.12. The van der Waals surface area contributed by atoms with Gasteiger partial charge in [0.05, 0.1) is 16.1 Å². The summed E-state index contributed by atoms with van der Waals surface area (Å²) in [4.78, 5) is 0.0793. The number of hydrogen-bond acceptors (Lipinski definition) is 3. The molecule has 120 valence electrons. The summed E-state index contributed by atoms with van der Waals surface area (Å²) in [5, 5.41) is 0. The van der Waals surface area contributed by atoms with Gasteiger partial charge in [-0.2, -0.15) is 0 Å². The van der Waals surface area contributed by atoms with Crippen molar-refractivity contribution in [3.8, 4) is 0 Å². The Hall–Kier alpha value is 0.531. The van der Waals surface area contributed by atoms with E-state index < -0.39 is 16.1 Å². The summed E-state index contributed by atoms with van der Waals surface area (Å²) >= 11 is 0. The van der Waals surface area contributed by atoms with E-state index in [0.29, 0.717) is 22.7 Å². The minimum Gasteiger partial charge on any atom is -0.357 e. The lowest BCUT2D eigenvalue weighted by molar-refractivity contribution is -0.0827. The zero-order valence-electron chi connectivity index (χ0n) is 14.8. The zero-order chi connectivity index (χ0) is 16.0. The van der Waals surface area contributed by atoms with E-state index in [-0.39, 0.29) is 10.7 Å². The van der Waals surface area contributed by atoms with Crippen molar-refractivity contribution >= 4 is 25.7 Å². The molecule has 20 heavy (non-hydrogen) atoms. The van der Waals surface area contributed by atoms with Crippen molar-refractivity contribution in [3.05, 3.63) is 0 Å². The van der Waals surface area contributed by atoms with Gasteiger partial charge in [-0.05, 0) is 20.3 Å². The molecule has 0 aliphatic heterocycles. The highest BCUT2D eigenvalue weighted by Crippen LogP contribution is 2.32. The molecule has 0 heterocycles. The fraction of sp³-hybridized carbons (Fsp3) is 1.00. The molecule has 0 aromatic heterocycles. The molecule has 3 nitrogen and oxygen atoms in total. The van der Waals surface area contributed by atoms with Gasteiger partial charge in [0.2, 0.25) is 0 Å². The average molecular weight is 334 g/mol. The average Bonchev–Trinajstić information content (AvgIpc) is 2.26. The van der Waals surface area contributed by atoms with Gasteiger partial charge in [0.1, 0.15) is 15.4 Å². The lowest BCUT2D eigenvalue weighted by atomic mass is 10.5. The van der Waals surface area contributed by atoms with Crippen LogP contribution in [0.3, 0.4) is 0 Å². The van der Waals surface area contributed by atoms with Crippen LogP contribution in [0.15, 0.2) is 0 Å². The normalized spacial score (nSPS) is 14.1. The molecular weight excluding hydrogens is 298 g/mol. The highest BCUT2D eigenvalue weighted by atomic mass is 28.4. The molecule has 6 heteroatoms. The quantitative estimate of drug-likeness (QED) is 0.493. The fourth-order valence-electron chi connectivity index (χ4n) is 2.73. The molecule has 0 rings (SSSR count). The number of nitrogens with two attached hydrogens (primary N) is 1. The molecular formula is C14H35NO2Si3. The maximum absolute atomic E-state index is 6.93. The molecule has 2 radical (unpaired) electrons. The topological polar surface area (TPSA) is 44.5 Å². The maximum Gasteiger partial charge on any atom is 0.137 e. The molecule has 0 saturated carbocycles. The third-order valence-electron chi connectivity index (χ3n) is 4.14. The molecule has 0 saturated heterocycles. The molecule has 0 aromatic carbocycles. The van der Waals surface area contributed by atoms with E-state index in [2.05, 4.69) is 39.3 Å². The van der Waals surface area contributed by atoms with Crippen LogP contribution in [0.25, 0.3) is 0 Å². The Labute approximate surface area is 130 Å². The molecule has 2 N–H and O–H groups in total. The van der Waals surface area contributed by atoms with Crippen molar-refractivity contribution in [2.24, 2.45) is 5.73 Å². The first-order valence-electron chi connectivity index (χ1n) is 7.75. The van der Waals surface area contributed by atoms with Gasteiger partial charge < -0.3 is 15.2 Å². The summed E-state index contributed by atoms with van der Waals surface area (Å²) in [7, 11) is -2.10. The van der Waals surface area contributed by atoms with Crippen LogP contribution in [0, 0.1) is 0 Å². The molecule has 0 atom stereocenters. The minimum absolute atomic E-state index is 0.0301. The van der Waals surface area contributed by atoms with Gasteiger partial charge in [0, 0.05) is 18.0 Å². The van der Waals surface area contributed by atoms with Crippen molar-refractivity contribution in [2.45, 2.75) is 76.3 Å². The van der Waals surface area contributed by atoms with Crippen LogP contribution in [0.2, 0.25) is 45.3 Å². The van der Waals surface area contributed by atoms with Gasteiger partial charge in [-0.25, -0.2) is 0 Å². The second-order valence-electron chi connectivity index (χ2n) is 7.42. The Kier molecular flexibility index (Phi) is 8.46. The van der Waals surface area contributed by atoms with E-state index in [4.69, 9.17) is 15.2 Å². The van der Waals surface area contributed by atoms with Gasteiger partial charge >= 0.3 is 0 Å². The SMILES string of the molecule is CCOC(OCC)[Si]CCC(N)([Si](C)(C)C)[Si](C)(C)C. The number of hydrogen-bond donors (Lipinski definition) is 1. The highest BCUT2D eigenvalue weighted by Gasteiger charge is 2.48. The maximum atomic E-state index is 6.93. The fourth-order valence-corrected chi connectivity index (χ4v) is 15.3. The molecule has 0 aliphatic carbocycles. The Morgan fingerprint density at radius 2 is 1.35 bits per heavy atom. The van der Waals surface area contributed by atoms with Gasteiger partial charge in [0.25, 0.3) is 0 Å². The van der Waals surface area contributed by atoms with E-state index in [9.17, 15) is 0 Å². The minimum atomic E-state index is -1.39. The predicted molar refractivity (Wildman–Crippen MR) is 95.8 cm³/mol. The smallest absolute Gasteiger partial charge is 0.137 e. The molecule has 0 unspecified atom stereocenters. The first-order chi connectivity index (χ1) is 8.99. The zero-order valence-corrected chi connectivity index (χ0v) is 17.8. The van der Waals surface area contributed by atoms with E-state index in [1.807, 2.05) is 13.8 Å². The Bertz CT molecular complexity index is 255. The Morgan fingerprint density at radius 1 is 0.950 bits per heavy atom. The van der Waals surface area contributed by atoms with Crippen molar-refractivity contribution < 1.29 is 9.47 Å². The van der Waals surface area contributed by atoms with Crippen molar-refractivity contribution in [1.29, 1.82) is 0 Å². The highest BCUT2D eigenvalue weighted by molar-refractivity contribution is 6.98. The molecule has 0 amide bonds. The molecule has 0 aliphatic rings. The van der Waals surface area contributed by atoms with Crippen molar-refractivity contribution in [3.63, 3.8) is 0 Å². The lowest BCUT2D eigenvalue weighted by Crippen LogP contribution is -2.72. The van der Waals surface area contributed by atoms with Crippen LogP contribution >= 0.6 is 0 Å². The van der Waals surface area contributed by atoms with Crippen LogP contribution in [0.1, 0.15) is 20.3 Å². The van der Waals surface area contributed by atoms with Crippen LogP contribution in [-0.2, 0) is 9.47 Å². The molecule has 0 fully saturated rings. The second-order valence-corrected chi connectivity index (χ2v) is 20.1. The third kappa shape index (κ3) is 5.73. The predicted octanol–water partition coefficient (Wildman–Crippen LogP) is 3.31. The molecule has 0 bridgehead atoms. The second kappa shape index (κ2) is 8.24. The summed E-state index contributed by atoms with van der Waals surface area (Å²) in [6.45, 7) is 20.0. The molecule has 0 spiro atoms. The summed E-state index contributed by atoms with van der Waals surface area (Å²) in [5.41, 5.74) is 6.93. The number of ether oxygens (including phenoxy) is 2. The van der Waals surface area contributed by atoms with E-state index in [1.165, 1.54) is 0 Å². The van der Waals surface area contributed by atoms with Crippen LogP contribution in [0.5, 0.6) is 0 Å². The third-order valence-corrected chi connectivity index (χ3v) is 15.7. The molecule has 0 aromatic rings. The first-order valence-corrected chi connectivity index (χ1v) is 16.0. The summed E-state index contributed by atoms with van der Waals surface area (Å²) in [6.07, 6.45) is 1.12. The summed E-state index contributed by atoms with van der Waals surface area (Å²) in [5.74, 6) is -0.0301. The largest absolute Gasteiger partial charge is 0.357 e. The summed E-state index contributed by atoms with van der Waals surface area (Å²) < 4.78 is 11.3. The van der Waals surface area contributed by atoms with Gasteiger partial charge in [0.15, 0.2) is 0 Å². The van der Waals surface area contributed by atoms with E-state index >= 15 is 0 Å². The van der Waals surface area contributed by atoms with Crippen LogP contribution in [0.4, 0.5) is 0 Å². The van der Waals surface area contributed by atoms with Gasteiger partial charge in [-0.3, -0.25) is 0 Å². The Morgan fingerprint density at radius 3 is 1.65 bits per heavy atom. The van der Waals surface area contributed by atoms with E-state index in [0.717, 1.165) is 12.5 Å². The first kappa shape index (κ1) is 20.5. The lowest BCUT2D eigenvalue weighted by Gasteiger charge is -2.49. The number of rotatable bonds is 10. The van der Waals surface area contributed by atoms with Crippen LogP contribution < -0.4 is 5.73 Å². The standard InChI is InChI=1S/C14H35NO2Si3/c1-9-16-13(17-10-2)18-12-11-14(15,19(3,4)5)20(6,7)8/h13H,9-12,15H2,1-8H3. The van der Waals surface area contributed by atoms with E-state index in [1.54, 1.807) is 0 Å². The van der Waals surface area contributed by atoms with Gasteiger partial charge in [-0.15, -0.1) is 0 Å².